The molecule has 2 aromatic carbocycles. The largest absolute Gasteiger partial charge is 0.478 e. The Hall–Kier alpha value is -3.54. The summed E-state index contributed by atoms with van der Waals surface area (Å²) in [5.74, 6) is -1.00. The van der Waals surface area contributed by atoms with Gasteiger partial charge in [0.05, 0.1) is 0 Å². The number of aromatic amines is 1. The summed E-state index contributed by atoms with van der Waals surface area (Å²) in [5, 5.41) is 10.0. The van der Waals surface area contributed by atoms with Crippen LogP contribution in [0.25, 0.3) is 17.0 Å². The van der Waals surface area contributed by atoms with E-state index in [-0.39, 0.29) is 6.09 Å². The molecule has 1 amide bonds. The molecule has 32 heavy (non-hydrogen) atoms. The van der Waals surface area contributed by atoms with Gasteiger partial charge in [0, 0.05) is 35.8 Å². The Morgan fingerprint density at radius 1 is 1.12 bits per heavy atom. The molecule has 0 aliphatic carbocycles. The summed E-state index contributed by atoms with van der Waals surface area (Å²) in [7, 11) is 0. The van der Waals surface area contributed by atoms with Gasteiger partial charge >= 0.3 is 12.1 Å². The van der Waals surface area contributed by atoms with Crippen molar-refractivity contribution in [3.05, 3.63) is 77.0 Å². The molecule has 0 atom stereocenters. The number of benzene rings is 2. The average molecular weight is 435 g/mol. The second kappa shape index (κ2) is 9.73. The van der Waals surface area contributed by atoms with Gasteiger partial charge in [-0.1, -0.05) is 36.4 Å². The van der Waals surface area contributed by atoms with Crippen LogP contribution in [0.1, 0.15) is 43.2 Å². The van der Waals surface area contributed by atoms with Crippen molar-refractivity contribution < 1.29 is 19.4 Å². The number of hydrogen-bond acceptors (Lipinski definition) is 3. The van der Waals surface area contributed by atoms with Crippen molar-refractivity contribution >= 4 is 29.0 Å². The monoisotopic (exact) mass is 434 g/mol. The first-order chi connectivity index (χ1) is 15.1. The lowest BCUT2D eigenvalue weighted by Gasteiger charge is -2.27. The van der Waals surface area contributed by atoms with Crippen LogP contribution in [0.4, 0.5) is 4.79 Å². The summed E-state index contributed by atoms with van der Waals surface area (Å²) >= 11 is 0. The molecule has 2 N–H and O–H groups in total. The standard InChI is InChI=1S/C26H30N2O4/c1-18-21(22-10-5-6-11-23(22)27-18)14-15-28(25(31)32-26(2,3)4)17-20-9-7-8-19(16-20)12-13-24(29)30/h5-13,16,27H,14-15,17H2,1-4H3,(H,29,30). The van der Waals surface area contributed by atoms with E-state index in [0.717, 1.165) is 33.8 Å². The smallest absolute Gasteiger partial charge is 0.410 e. The molecule has 0 saturated heterocycles. The first kappa shape index (κ1) is 23.1. The van der Waals surface area contributed by atoms with E-state index in [1.54, 1.807) is 11.0 Å². The number of rotatable bonds is 7. The normalized spacial score (nSPS) is 11.8. The molecule has 0 unspecified atom stereocenters. The van der Waals surface area contributed by atoms with Crippen molar-refractivity contribution in [1.82, 2.24) is 9.88 Å². The lowest BCUT2D eigenvalue weighted by molar-refractivity contribution is -0.131. The predicted octanol–water partition coefficient (Wildman–Crippen LogP) is 5.55. The first-order valence-electron chi connectivity index (χ1n) is 10.7. The van der Waals surface area contributed by atoms with Crippen molar-refractivity contribution in [3.8, 4) is 0 Å². The van der Waals surface area contributed by atoms with E-state index >= 15 is 0 Å². The average Bonchev–Trinajstić information content (AvgIpc) is 3.03. The van der Waals surface area contributed by atoms with Gasteiger partial charge in [-0.25, -0.2) is 9.59 Å². The first-order valence-corrected chi connectivity index (χ1v) is 10.7. The van der Waals surface area contributed by atoms with Crippen LogP contribution in [0, 0.1) is 6.92 Å². The van der Waals surface area contributed by atoms with Gasteiger partial charge in [-0.2, -0.15) is 0 Å². The van der Waals surface area contributed by atoms with Crippen LogP contribution in [0.15, 0.2) is 54.6 Å². The van der Waals surface area contributed by atoms with Crippen LogP contribution in [-0.2, 0) is 22.5 Å². The molecule has 0 radical (unpaired) electrons. The third kappa shape index (κ3) is 6.23. The highest BCUT2D eigenvalue weighted by molar-refractivity contribution is 5.85. The molecule has 0 spiro atoms. The van der Waals surface area contributed by atoms with E-state index in [1.165, 1.54) is 5.56 Å². The Balaban J connectivity index is 1.82. The van der Waals surface area contributed by atoms with E-state index in [9.17, 15) is 9.59 Å². The van der Waals surface area contributed by atoms with Crippen LogP contribution in [0.3, 0.4) is 0 Å². The number of carbonyl (C=O) groups is 2. The summed E-state index contributed by atoms with van der Waals surface area (Å²) in [6.45, 7) is 8.46. The lowest BCUT2D eigenvalue weighted by atomic mass is 10.1. The Labute approximate surface area is 188 Å². The number of para-hydroxylation sites is 1. The van der Waals surface area contributed by atoms with Crippen LogP contribution in [0.2, 0.25) is 0 Å². The fraction of sp³-hybridized carbons (Fsp3) is 0.308. The number of hydrogen-bond donors (Lipinski definition) is 2. The molecule has 0 saturated carbocycles. The molecule has 6 heteroatoms. The number of carboxylic acid groups (broad SMARTS) is 1. The quantitative estimate of drug-likeness (QED) is 0.477. The molecule has 1 aromatic heterocycles. The Morgan fingerprint density at radius 3 is 2.59 bits per heavy atom. The maximum absolute atomic E-state index is 13.0. The molecule has 0 bridgehead atoms. The zero-order chi connectivity index (χ0) is 23.3. The molecular formula is C26H30N2O4. The number of aromatic nitrogens is 1. The third-order valence-corrected chi connectivity index (χ3v) is 5.05. The number of carboxylic acids is 1. The van der Waals surface area contributed by atoms with Gasteiger partial charge in [-0.15, -0.1) is 0 Å². The van der Waals surface area contributed by atoms with Gasteiger partial charge in [-0.05, 0) is 69.0 Å². The summed E-state index contributed by atoms with van der Waals surface area (Å²) in [4.78, 5) is 28.9. The number of ether oxygens (including phenoxy) is 1. The Bertz CT molecular complexity index is 1140. The maximum Gasteiger partial charge on any atom is 0.410 e. The maximum atomic E-state index is 13.0. The molecular weight excluding hydrogens is 404 g/mol. The summed E-state index contributed by atoms with van der Waals surface area (Å²) in [6, 6.07) is 15.6. The summed E-state index contributed by atoms with van der Waals surface area (Å²) in [6.07, 6.45) is 2.96. The topological polar surface area (TPSA) is 82.6 Å². The predicted molar refractivity (Wildman–Crippen MR) is 126 cm³/mol. The van der Waals surface area contributed by atoms with Crippen molar-refractivity contribution in [2.45, 2.75) is 46.3 Å². The van der Waals surface area contributed by atoms with Crippen LogP contribution in [-0.4, -0.2) is 39.2 Å². The number of aryl methyl sites for hydroxylation is 1. The lowest BCUT2D eigenvalue weighted by Crippen LogP contribution is -2.37. The minimum Gasteiger partial charge on any atom is -0.478 e. The third-order valence-electron chi connectivity index (χ3n) is 5.05. The molecule has 3 aromatic rings. The van der Waals surface area contributed by atoms with Gasteiger partial charge < -0.3 is 19.7 Å². The van der Waals surface area contributed by atoms with E-state index in [0.29, 0.717) is 19.5 Å². The zero-order valence-electron chi connectivity index (χ0n) is 19.0. The van der Waals surface area contributed by atoms with Crippen LogP contribution >= 0.6 is 0 Å². The molecule has 1 heterocycles. The van der Waals surface area contributed by atoms with Gasteiger partial charge in [0.25, 0.3) is 0 Å². The van der Waals surface area contributed by atoms with Crippen molar-refractivity contribution in [2.75, 3.05) is 6.54 Å². The van der Waals surface area contributed by atoms with E-state index in [4.69, 9.17) is 9.84 Å². The summed E-state index contributed by atoms with van der Waals surface area (Å²) in [5.41, 5.74) is 4.43. The highest BCUT2D eigenvalue weighted by atomic mass is 16.6. The van der Waals surface area contributed by atoms with E-state index in [1.807, 2.05) is 70.2 Å². The van der Waals surface area contributed by atoms with Crippen molar-refractivity contribution in [2.24, 2.45) is 0 Å². The van der Waals surface area contributed by atoms with Gasteiger partial charge in [-0.3, -0.25) is 0 Å². The van der Waals surface area contributed by atoms with Gasteiger partial charge in [0.2, 0.25) is 0 Å². The van der Waals surface area contributed by atoms with E-state index < -0.39 is 11.6 Å². The van der Waals surface area contributed by atoms with Crippen molar-refractivity contribution in [1.29, 1.82) is 0 Å². The van der Waals surface area contributed by atoms with Crippen LogP contribution < -0.4 is 0 Å². The van der Waals surface area contributed by atoms with Crippen LogP contribution in [0.5, 0.6) is 0 Å². The highest BCUT2D eigenvalue weighted by Crippen LogP contribution is 2.23. The number of nitrogens with one attached hydrogen (secondary N) is 1. The van der Waals surface area contributed by atoms with E-state index in [2.05, 4.69) is 11.1 Å². The number of nitrogens with zero attached hydrogens (tertiary/aromatic N) is 1. The highest BCUT2D eigenvalue weighted by Gasteiger charge is 2.23. The number of amides is 1. The molecule has 6 nitrogen and oxygen atoms in total. The number of carbonyl (C=O) groups excluding carboxylic acids is 1. The molecule has 0 aliphatic rings. The number of H-pyrrole nitrogens is 1. The molecule has 0 aliphatic heterocycles. The Kier molecular flexibility index (Phi) is 7.03. The molecule has 0 fully saturated rings. The van der Waals surface area contributed by atoms with Gasteiger partial charge in [0.1, 0.15) is 5.60 Å². The second-order valence-corrected chi connectivity index (χ2v) is 8.84. The minimum absolute atomic E-state index is 0.366. The van der Waals surface area contributed by atoms with Gasteiger partial charge in [0.15, 0.2) is 0 Å². The summed E-state index contributed by atoms with van der Waals surface area (Å²) < 4.78 is 5.66. The molecule has 3 rings (SSSR count). The Morgan fingerprint density at radius 2 is 1.88 bits per heavy atom. The number of fused-ring (bicyclic) bond motifs is 1. The minimum atomic E-state index is -1.00. The fourth-order valence-electron chi connectivity index (χ4n) is 3.65. The zero-order valence-corrected chi connectivity index (χ0v) is 19.0. The second-order valence-electron chi connectivity index (χ2n) is 8.84. The number of aliphatic carboxylic acids is 1. The fourth-order valence-corrected chi connectivity index (χ4v) is 3.65. The van der Waals surface area contributed by atoms with Crippen molar-refractivity contribution in [3.63, 3.8) is 0 Å². The SMILES string of the molecule is Cc1[nH]c2ccccc2c1CCN(Cc1cccc(C=CC(=O)O)c1)C(=O)OC(C)(C)C. The molecule has 168 valence electrons.